The van der Waals surface area contributed by atoms with Crippen molar-refractivity contribution in [1.82, 2.24) is 0 Å². The number of rotatable bonds is 3. The van der Waals surface area contributed by atoms with Crippen LogP contribution >= 0.6 is 0 Å². The first-order valence-electron chi connectivity index (χ1n) is 6.54. The Morgan fingerprint density at radius 1 is 1.12 bits per heavy atom. The molecule has 1 aliphatic carbocycles. The second kappa shape index (κ2) is 4.69. The molecule has 0 bridgehead atoms. The Morgan fingerprint density at radius 3 is 2.35 bits per heavy atom. The number of benzene rings is 1. The van der Waals surface area contributed by atoms with Crippen molar-refractivity contribution in [1.29, 1.82) is 0 Å². The van der Waals surface area contributed by atoms with Crippen molar-refractivity contribution in [2.24, 2.45) is 5.41 Å². The molecule has 0 radical (unpaired) electrons. The van der Waals surface area contributed by atoms with Crippen LogP contribution in [0, 0.1) is 5.41 Å². The van der Waals surface area contributed by atoms with Crippen LogP contribution in [0.25, 0.3) is 0 Å². The number of hydrogen-bond donors (Lipinski definition) is 2. The average molecular weight is 233 g/mol. The second-order valence-corrected chi connectivity index (χ2v) is 5.82. The van der Waals surface area contributed by atoms with Gasteiger partial charge in [0.15, 0.2) is 0 Å². The van der Waals surface area contributed by atoms with Crippen molar-refractivity contribution < 1.29 is 5.11 Å². The Balaban J connectivity index is 2.24. The first-order chi connectivity index (χ1) is 8.10. The van der Waals surface area contributed by atoms with Crippen molar-refractivity contribution in [2.45, 2.75) is 45.1 Å². The lowest BCUT2D eigenvalue weighted by Crippen LogP contribution is -2.56. The van der Waals surface area contributed by atoms with E-state index in [9.17, 15) is 5.11 Å². The molecule has 0 saturated heterocycles. The van der Waals surface area contributed by atoms with Crippen molar-refractivity contribution >= 4 is 5.69 Å². The third-order valence-electron chi connectivity index (χ3n) is 4.38. The van der Waals surface area contributed by atoms with E-state index in [0.717, 1.165) is 12.1 Å². The lowest BCUT2D eigenvalue weighted by molar-refractivity contribution is 0.0580. The van der Waals surface area contributed by atoms with E-state index in [0.29, 0.717) is 0 Å². The molecule has 17 heavy (non-hydrogen) atoms. The molecule has 1 fully saturated rings. The number of hydrogen-bond acceptors (Lipinski definition) is 2. The summed E-state index contributed by atoms with van der Waals surface area (Å²) in [6.07, 6.45) is 4.69. The molecule has 1 saturated carbocycles. The van der Waals surface area contributed by atoms with E-state index in [2.05, 4.69) is 31.3 Å². The van der Waals surface area contributed by atoms with Gasteiger partial charge in [0.2, 0.25) is 0 Å². The van der Waals surface area contributed by atoms with E-state index >= 15 is 0 Å². The largest absolute Gasteiger partial charge is 0.394 e. The van der Waals surface area contributed by atoms with E-state index in [4.69, 9.17) is 0 Å². The van der Waals surface area contributed by atoms with E-state index in [1.165, 1.54) is 19.3 Å². The van der Waals surface area contributed by atoms with Crippen LogP contribution < -0.4 is 5.32 Å². The Bertz CT molecular complexity index is 360. The van der Waals surface area contributed by atoms with Crippen molar-refractivity contribution in [3.05, 3.63) is 30.3 Å². The van der Waals surface area contributed by atoms with Gasteiger partial charge in [-0.3, -0.25) is 0 Å². The summed E-state index contributed by atoms with van der Waals surface area (Å²) < 4.78 is 0. The maximum absolute atomic E-state index is 9.88. The molecule has 1 aromatic carbocycles. The standard InChI is InChI=1S/C15H23NO/c1-14(2)10-6-7-11-15(14,12-17)16-13-8-4-3-5-9-13/h3-5,8-9,16-17H,6-7,10-12H2,1-2H3. The van der Waals surface area contributed by atoms with Crippen LogP contribution in [0.15, 0.2) is 30.3 Å². The normalized spacial score (nSPS) is 27.7. The summed E-state index contributed by atoms with van der Waals surface area (Å²) in [5, 5.41) is 13.5. The highest BCUT2D eigenvalue weighted by Gasteiger charge is 2.46. The summed E-state index contributed by atoms with van der Waals surface area (Å²) in [4.78, 5) is 0. The number of aliphatic hydroxyl groups is 1. The minimum Gasteiger partial charge on any atom is -0.394 e. The topological polar surface area (TPSA) is 32.3 Å². The highest BCUT2D eigenvalue weighted by molar-refractivity contribution is 5.46. The minimum atomic E-state index is -0.174. The highest BCUT2D eigenvalue weighted by Crippen LogP contribution is 2.45. The van der Waals surface area contributed by atoms with Crippen LogP contribution in [0.4, 0.5) is 5.69 Å². The summed E-state index contributed by atoms with van der Waals surface area (Å²) in [6.45, 7) is 4.73. The fourth-order valence-electron chi connectivity index (χ4n) is 2.93. The second-order valence-electron chi connectivity index (χ2n) is 5.82. The van der Waals surface area contributed by atoms with E-state index in [1.807, 2.05) is 18.2 Å². The van der Waals surface area contributed by atoms with Crippen LogP contribution in [0.5, 0.6) is 0 Å². The van der Waals surface area contributed by atoms with Crippen molar-refractivity contribution in [3.63, 3.8) is 0 Å². The fourth-order valence-corrected chi connectivity index (χ4v) is 2.93. The van der Waals surface area contributed by atoms with Crippen molar-refractivity contribution in [3.8, 4) is 0 Å². The zero-order valence-corrected chi connectivity index (χ0v) is 10.9. The molecule has 1 atom stereocenters. The van der Waals surface area contributed by atoms with E-state index < -0.39 is 0 Å². The Labute approximate surface area is 104 Å². The molecular formula is C15H23NO. The molecule has 94 valence electrons. The summed E-state index contributed by atoms with van der Waals surface area (Å²) >= 11 is 0. The summed E-state index contributed by atoms with van der Waals surface area (Å²) in [7, 11) is 0. The summed E-state index contributed by atoms with van der Waals surface area (Å²) in [5.74, 6) is 0. The van der Waals surface area contributed by atoms with Crippen LogP contribution in [0.3, 0.4) is 0 Å². The van der Waals surface area contributed by atoms with Crippen LogP contribution in [0.1, 0.15) is 39.5 Å². The Kier molecular flexibility index (Phi) is 3.43. The van der Waals surface area contributed by atoms with E-state index in [-0.39, 0.29) is 17.6 Å². The number of nitrogens with one attached hydrogen (secondary N) is 1. The van der Waals surface area contributed by atoms with Gasteiger partial charge in [-0.2, -0.15) is 0 Å². The number of para-hydroxylation sites is 1. The van der Waals surface area contributed by atoms with Gasteiger partial charge in [0.25, 0.3) is 0 Å². The van der Waals surface area contributed by atoms with Crippen LogP contribution in [-0.2, 0) is 0 Å². The SMILES string of the molecule is CC1(C)CCCCC1(CO)Nc1ccccc1. The van der Waals surface area contributed by atoms with Gasteiger partial charge < -0.3 is 10.4 Å². The first kappa shape index (κ1) is 12.4. The van der Waals surface area contributed by atoms with Gasteiger partial charge in [-0.25, -0.2) is 0 Å². The fraction of sp³-hybridized carbons (Fsp3) is 0.600. The molecule has 0 aromatic heterocycles. The monoisotopic (exact) mass is 233 g/mol. The molecule has 2 N–H and O–H groups in total. The summed E-state index contributed by atoms with van der Waals surface area (Å²) in [6, 6.07) is 10.2. The molecule has 2 rings (SSSR count). The smallest absolute Gasteiger partial charge is 0.0666 e. The molecule has 0 aliphatic heterocycles. The number of anilines is 1. The maximum Gasteiger partial charge on any atom is 0.0666 e. The third kappa shape index (κ3) is 2.32. The van der Waals surface area contributed by atoms with Gasteiger partial charge >= 0.3 is 0 Å². The zero-order valence-electron chi connectivity index (χ0n) is 10.9. The molecular weight excluding hydrogens is 210 g/mol. The van der Waals surface area contributed by atoms with Crippen LogP contribution in [-0.4, -0.2) is 17.3 Å². The molecule has 2 heteroatoms. The third-order valence-corrected chi connectivity index (χ3v) is 4.38. The van der Waals surface area contributed by atoms with Gasteiger partial charge in [0.1, 0.15) is 0 Å². The Hall–Kier alpha value is -1.02. The summed E-state index contributed by atoms with van der Waals surface area (Å²) in [5.41, 5.74) is 1.07. The van der Waals surface area contributed by atoms with Gasteiger partial charge in [0, 0.05) is 5.69 Å². The molecule has 0 spiro atoms. The van der Waals surface area contributed by atoms with Crippen molar-refractivity contribution in [2.75, 3.05) is 11.9 Å². The molecule has 0 amide bonds. The highest BCUT2D eigenvalue weighted by atomic mass is 16.3. The van der Waals surface area contributed by atoms with Gasteiger partial charge in [-0.15, -0.1) is 0 Å². The maximum atomic E-state index is 9.88. The van der Waals surface area contributed by atoms with Crippen LogP contribution in [0.2, 0.25) is 0 Å². The average Bonchev–Trinajstić information content (AvgIpc) is 2.33. The Morgan fingerprint density at radius 2 is 1.76 bits per heavy atom. The predicted molar refractivity (Wildman–Crippen MR) is 72.1 cm³/mol. The molecule has 2 nitrogen and oxygen atoms in total. The lowest BCUT2D eigenvalue weighted by Gasteiger charge is -2.50. The molecule has 1 aromatic rings. The molecule has 0 heterocycles. The minimum absolute atomic E-state index is 0.135. The number of aliphatic hydroxyl groups excluding tert-OH is 1. The lowest BCUT2D eigenvalue weighted by atomic mass is 9.63. The molecule has 1 aliphatic rings. The predicted octanol–water partition coefficient (Wildman–Crippen LogP) is 3.43. The van der Waals surface area contributed by atoms with Gasteiger partial charge in [0.05, 0.1) is 12.1 Å². The van der Waals surface area contributed by atoms with E-state index in [1.54, 1.807) is 0 Å². The first-order valence-corrected chi connectivity index (χ1v) is 6.54. The van der Waals surface area contributed by atoms with Gasteiger partial charge in [-0.1, -0.05) is 44.9 Å². The molecule has 1 unspecified atom stereocenters. The quantitative estimate of drug-likeness (QED) is 0.838. The van der Waals surface area contributed by atoms with Gasteiger partial charge in [-0.05, 0) is 30.4 Å². The zero-order chi connectivity index (χ0) is 12.4.